The molecule has 0 saturated carbocycles. The molecule has 0 bridgehead atoms. The van der Waals surface area contributed by atoms with E-state index in [2.05, 4.69) is 20.7 Å². The van der Waals surface area contributed by atoms with E-state index in [9.17, 15) is 14.4 Å². The average molecular weight is 421 g/mol. The van der Waals surface area contributed by atoms with Gasteiger partial charge in [-0.2, -0.15) is 5.10 Å². The molecule has 0 fully saturated rings. The lowest BCUT2D eigenvalue weighted by Gasteiger charge is -2.27. The van der Waals surface area contributed by atoms with Crippen molar-refractivity contribution in [1.29, 1.82) is 0 Å². The number of carbonyl (C=O) groups excluding carboxylic acids is 3. The summed E-state index contributed by atoms with van der Waals surface area (Å²) in [7, 11) is 0. The van der Waals surface area contributed by atoms with Crippen LogP contribution in [0.25, 0.3) is 5.69 Å². The molecular weight excluding hydrogens is 398 g/mol. The predicted octanol–water partition coefficient (Wildman–Crippen LogP) is 2.69. The number of Topliss-reactive ketones (excluding diaryl/α,β-unsaturated/α-hetero) is 1. The van der Waals surface area contributed by atoms with E-state index in [0.717, 1.165) is 5.69 Å². The molecule has 0 unspecified atom stereocenters. The van der Waals surface area contributed by atoms with Crippen LogP contribution in [0.5, 0.6) is 0 Å². The molecule has 1 aliphatic carbocycles. The molecule has 3 aromatic rings. The van der Waals surface area contributed by atoms with Gasteiger partial charge in [-0.05, 0) is 36.6 Å². The third-order valence-corrected chi connectivity index (χ3v) is 5.23. The van der Waals surface area contributed by atoms with Gasteiger partial charge in [0.25, 0.3) is 5.91 Å². The van der Waals surface area contributed by atoms with Gasteiger partial charge in [0.15, 0.2) is 11.5 Å². The highest BCUT2D eigenvalue weighted by molar-refractivity contribution is 6.04. The summed E-state index contributed by atoms with van der Waals surface area (Å²) in [6.45, 7) is 5.46. The van der Waals surface area contributed by atoms with Crippen LogP contribution in [0, 0.1) is 12.3 Å². The van der Waals surface area contributed by atoms with Crippen molar-refractivity contribution < 1.29 is 18.8 Å². The first-order valence-electron chi connectivity index (χ1n) is 9.92. The number of hydrogen-bond acceptors (Lipinski definition) is 6. The second-order valence-corrected chi connectivity index (χ2v) is 8.41. The molecular formula is C22H23N5O4. The average Bonchev–Trinajstić information content (AvgIpc) is 3.34. The summed E-state index contributed by atoms with van der Waals surface area (Å²) in [5, 5.41) is 9.32. The minimum absolute atomic E-state index is 0.0152. The van der Waals surface area contributed by atoms with Crippen LogP contribution >= 0.6 is 0 Å². The highest BCUT2D eigenvalue weighted by atomic mass is 16.4. The van der Waals surface area contributed by atoms with E-state index in [1.54, 1.807) is 42.2 Å². The maximum Gasteiger partial charge on any atom is 0.287 e. The Balaban J connectivity index is 1.37. The molecule has 9 nitrogen and oxygen atoms in total. The van der Waals surface area contributed by atoms with Gasteiger partial charge in [0, 0.05) is 24.1 Å². The van der Waals surface area contributed by atoms with E-state index in [-0.39, 0.29) is 29.4 Å². The van der Waals surface area contributed by atoms with Crippen molar-refractivity contribution in [3.63, 3.8) is 0 Å². The summed E-state index contributed by atoms with van der Waals surface area (Å²) in [6, 6.07) is 7.04. The topological polar surface area (TPSA) is 119 Å². The van der Waals surface area contributed by atoms with Gasteiger partial charge in [0.2, 0.25) is 5.91 Å². The largest absolute Gasteiger partial charge is 0.455 e. The number of furan rings is 1. The van der Waals surface area contributed by atoms with Crippen LogP contribution in [-0.4, -0.2) is 38.9 Å². The van der Waals surface area contributed by atoms with E-state index in [4.69, 9.17) is 4.42 Å². The van der Waals surface area contributed by atoms with E-state index in [1.807, 2.05) is 13.8 Å². The van der Waals surface area contributed by atoms with Crippen molar-refractivity contribution >= 4 is 23.3 Å². The van der Waals surface area contributed by atoms with Crippen molar-refractivity contribution in [3.05, 3.63) is 59.6 Å². The molecule has 31 heavy (non-hydrogen) atoms. The van der Waals surface area contributed by atoms with Crippen LogP contribution < -0.4 is 10.6 Å². The second-order valence-electron chi connectivity index (χ2n) is 8.41. The van der Waals surface area contributed by atoms with Gasteiger partial charge in [0.1, 0.15) is 18.4 Å². The maximum atomic E-state index is 12.6. The molecule has 4 rings (SSSR count). The van der Waals surface area contributed by atoms with Crippen molar-refractivity contribution in [2.75, 3.05) is 11.9 Å². The highest BCUT2D eigenvalue weighted by Gasteiger charge is 2.37. The maximum absolute atomic E-state index is 12.6. The van der Waals surface area contributed by atoms with Crippen molar-refractivity contribution in [2.24, 2.45) is 5.41 Å². The summed E-state index contributed by atoms with van der Waals surface area (Å²) in [6.07, 6.45) is 4.02. The van der Waals surface area contributed by atoms with Crippen molar-refractivity contribution in [2.45, 2.75) is 33.6 Å². The third-order valence-electron chi connectivity index (χ3n) is 5.23. The molecule has 2 aromatic heterocycles. The van der Waals surface area contributed by atoms with Gasteiger partial charge < -0.3 is 15.1 Å². The molecule has 2 amide bonds. The van der Waals surface area contributed by atoms with E-state index in [1.165, 1.54) is 6.33 Å². The van der Waals surface area contributed by atoms with Crippen LogP contribution in [0.15, 0.2) is 41.3 Å². The smallest absolute Gasteiger partial charge is 0.287 e. The Kier molecular flexibility index (Phi) is 5.18. The number of anilines is 1. The number of amides is 2. The lowest BCUT2D eigenvalue weighted by Crippen LogP contribution is -2.33. The zero-order valence-corrected chi connectivity index (χ0v) is 17.6. The number of benzene rings is 1. The van der Waals surface area contributed by atoms with Gasteiger partial charge in [0.05, 0.1) is 17.8 Å². The van der Waals surface area contributed by atoms with E-state index < -0.39 is 5.91 Å². The van der Waals surface area contributed by atoms with E-state index in [0.29, 0.717) is 35.4 Å². The standard InChI is InChI=1S/C22H23N5O4/c1-13-19-16(28)8-22(2,3)9-17(19)31-20(13)21(30)24-10-18(29)26-14-4-6-15(7-5-14)27-12-23-11-25-27/h4-7,11-12H,8-10H2,1-3H3,(H,24,30)(H,26,29). The normalized spacial score (nSPS) is 14.7. The molecule has 160 valence electrons. The van der Waals surface area contributed by atoms with Crippen LogP contribution in [-0.2, 0) is 11.2 Å². The molecule has 0 saturated heterocycles. The Morgan fingerprint density at radius 1 is 1.19 bits per heavy atom. The second kappa shape index (κ2) is 7.82. The monoisotopic (exact) mass is 421 g/mol. The summed E-state index contributed by atoms with van der Waals surface area (Å²) >= 11 is 0. The lowest BCUT2D eigenvalue weighted by atomic mass is 9.76. The number of ketones is 1. The molecule has 2 heterocycles. The minimum Gasteiger partial charge on any atom is -0.455 e. The number of hydrogen-bond donors (Lipinski definition) is 2. The number of fused-ring (bicyclic) bond motifs is 1. The van der Waals surface area contributed by atoms with Gasteiger partial charge >= 0.3 is 0 Å². The molecule has 0 spiro atoms. The summed E-state index contributed by atoms with van der Waals surface area (Å²) in [5.41, 5.74) is 2.21. The summed E-state index contributed by atoms with van der Waals surface area (Å²) < 4.78 is 7.33. The summed E-state index contributed by atoms with van der Waals surface area (Å²) in [4.78, 5) is 41.2. The molecule has 1 aromatic carbocycles. The fourth-order valence-electron chi connectivity index (χ4n) is 3.78. The Hall–Kier alpha value is -3.75. The Morgan fingerprint density at radius 3 is 2.61 bits per heavy atom. The number of aromatic nitrogens is 3. The predicted molar refractivity (Wildman–Crippen MR) is 112 cm³/mol. The first-order chi connectivity index (χ1) is 14.7. The number of nitrogens with zero attached hydrogens (tertiary/aromatic N) is 3. The van der Waals surface area contributed by atoms with Crippen molar-refractivity contribution in [1.82, 2.24) is 20.1 Å². The van der Waals surface area contributed by atoms with Crippen LogP contribution in [0.1, 0.15) is 52.5 Å². The third kappa shape index (κ3) is 4.25. The van der Waals surface area contributed by atoms with E-state index >= 15 is 0 Å². The summed E-state index contributed by atoms with van der Waals surface area (Å²) in [5.74, 6) is -0.289. The Morgan fingerprint density at radius 2 is 1.94 bits per heavy atom. The fourth-order valence-corrected chi connectivity index (χ4v) is 3.78. The number of nitrogens with one attached hydrogen (secondary N) is 2. The molecule has 1 aliphatic rings. The van der Waals surface area contributed by atoms with Crippen LogP contribution in [0.4, 0.5) is 5.69 Å². The van der Waals surface area contributed by atoms with Crippen LogP contribution in [0.2, 0.25) is 0 Å². The molecule has 2 N–H and O–H groups in total. The number of rotatable bonds is 5. The lowest BCUT2D eigenvalue weighted by molar-refractivity contribution is -0.115. The van der Waals surface area contributed by atoms with Crippen LogP contribution in [0.3, 0.4) is 0 Å². The highest BCUT2D eigenvalue weighted by Crippen LogP contribution is 2.38. The zero-order valence-electron chi connectivity index (χ0n) is 17.6. The van der Waals surface area contributed by atoms with Gasteiger partial charge in [-0.15, -0.1) is 0 Å². The minimum atomic E-state index is -0.519. The molecule has 9 heteroatoms. The van der Waals surface area contributed by atoms with Gasteiger partial charge in [-0.1, -0.05) is 13.8 Å². The molecule has 0 radical (unpaired) electrons. The first-order valence-corrected chi connectivity index (χ1v) is 9.92. The fraction of sp³-hybridized carbons (Fsp3) is 0.318. The van der Waals surface area contributed by atoms with Crippen molar-refractivity contribution in [3.8, 4) is 5.69 Å². The Bertz CT molecular complexity index is 1140. The zero-order chi connectivity index (χ0) is 22.2. The quantitative estimate of drug-likeness (QED) is 0.654. The Labute approximate surface area is 178 Å². The molecule has 0 atom stereocenters. The first kappa shape index (κ1) is 20.5. The molecule has 0 aliphatic heterocycles. The SMILES string of the molecule is Cc1c(C(=O)NCC(=O)Nc2ccc(-n3cncn3)cc2)oc2c1C(=O)CC(C)(C)C2. The number of carbonyl (C=O) groups is 3. The van der Waals surface area contributed by atoms with Gasteiger partial charge in [-0.25, -0.2) is 9.67 Å². The van der Waals surface area contributed by atoms with Gasteiger partial charge in [-0.3, -0.25) is 14.4 Å².